The standard InChI is InChI=1S/C23H27ClN4O3/c1-15(2)25-23(30)27(3)14-22(29)28-21(16-8-10-18(24)11-9-16)13-20(26-28)17-6-5-7-19(12-17)31-4/h5-12,15,21H,13-14H2,1-4H3,(H,25,30)/t21-/m1/s1. The van der Waals surface area contributed by atoms with Crippen LogP contribution < -0.4 is 10.1 Å². The van der Waals surface area contributed by atoms with Crippen LogP contribution in [0.25, 0.3) is 0 Å². The van der Waals surface area contributed by atoms with E-state index >= 15 is 0 Å². The number of hydrazone groups is 1. The number of methoxy groups -OCH3 is 1. The second-order valence-corrected chi connectivity index (χ2v) is 8.19. The number of amides is 3. The molecule has 8 heteroatoms. The van der Waals surface area contributed by atoms with Gasteiger partial charge in [-0.25, -0.2) is 9.80 Å². The van der Waals surface area contributed by atoms with Gasteiger partial charge in [0.1, 0.15) is 12.3 Å². The summed E-state index contributed by atoms with van der Waals surface area (Å²) >= 11 is 6.05. The summed E-state index contributed by atoms with van der Waals surface area (Å²) in [5.41, 5.74) is 2.59. The molecule has 2 aromatic carbocycles. The van der Waals surface area contributed by atoms with Crippen LogP contribution in [0.3, 0.4) is 0 Å². The zero-order chi connectivity index (χ0) is 22.5. The third-order valence-corrected chi connectivity index (χ3v) is 5.21. The lowest BCUT2D eigenvalue weighted by molar-refractivity contribution is -0.133. The Morgan fingerprint density at radius 3 is 2.61 bits per heavy atom. The third-order valence-electron chi connectivity index (χ3n) is 4.95. The van der Waals surface area contributed by atoms with Crippen LogP contribution in [-0.4, -0.2) is 54.3 Å². The lowest BCUT2D eigenvalue weighted by Gasteiger charge is -2.25. The molecular weight excluding hydrogens is 416 g/mol. The Labute approximate surface area is 187 Å². The van der Waals surface area contributed by atoms with Crippen molar-refractivity contribution in [3.63, 3.8) is 0 Å². The molecule has 1 N–H and O–H groups in total. The Morgan fingerprint density at radius 1 is 1.26 bits per heavy atom. The van der Waals surface area contributed by atoms with E-state index in [0.717, 1.165) is 22.6 Å². The molecule has 0 saturated heterocycles. The third kappa shape index (κ3) is 5.55. The van der Waals surface area contributed by atoms with Crippen LogP contribution in [0.15, 0.2) is 53.6 Å². The van der Waals surface area contributed by atoms with Crippen LogP contribution in [-0.2, 0) is 4.79 Å². The number of nitrogens with one attached hydrogen (secondary N) is 1. The van der Waals surface area contributed by atoms with E-state index in [1.165, 1.54) is 9.91 Å². The Hall–Kier alpha value is -3.06. The summed E-state index contributed by atoms with van der Waals surface area (Å²) in [4.78, 5) is 26.7. The molecule has 1 atom stereocenters. The number of benzene rings is 2. The van der Waals surface area contributed by atoms with Crippen LogP contribution in [0.2, 0.25) is 5.02 Å². The highest BCUT2D eigenvalue weighted by Gasteiger charge is 2.34. The van der Waals surface area contributed by atoms with Gasteiger partial charge in [0.2, 0.25) is 0 Å². The Bertz CT molecular complexity index is 975. The van der Waals surface area contributed by atoms with Gasteiger partial charge in [-0.1, -0.05) is 35.9 Å². The number of urea groups is 1. The van der Waals surface area contributed by atoms with Gasteiger partial charge in [0, 0.05) is 30.1 Å². The maximum absolute atomic E-state index is 13.1. The molecule has 0 aliphatic carbocycles. The first-order chi connectivity index (χ1) is 14.8. The van der Waals surface area contributed by atoms with Crippen molar-refractivity contribution in [3.8, 4) is 5.75 Å². The zero-order valence-electron chi connectivity index (χ0n) is 18.1. The van der Waals surface area contributed by atoms with E-state index < -0.39 is 0 Å². The molecule has 0 radical (unpaired) electrons. The maximum Gasteiger partial charge on any atom is 0.317 e. The zero-order valence-corrected chi connectivity index (χ0v) is 18.9. The summed E-state index contributed by atoms with van der Waals surface area (Å²) in [6, 6.07) is 14.4. The van der Waals surface area contributed by atoms with E-state index in [1.807, 2.05) is 50.2 Å². The molecule has 7 nitrogen and oxygen atoms in total. The molecule has 31 heavy (non-hydrogen) atoms. The fourth-order valence-corrected chi connectivity index (χ4v) is 3.49. The fourth-order valence-electron chi connectivity index (χ4n) is 3.37. The first-order valence-electron chi connectivity index (χ1n) is 10.1. The van der Waals surface area contributed by atoms with Crippen LogP contribution in [0.5, 0.6) is 5.75 Å². The molecule has 0 aromatic heterocycles. The van der Waals surface area contributed by atoms with Crippen molar-refractivity contribution < 1.29 is 14.3 Å². The van der Waals surface area contributed by atoms with Crippen molar-refractivity contribution >= 4 is 29.3 Å². The van der Waals surface area contributed by atoms with E-state index in [0.29, 0.717) is 11.4 Å². The largest absolute Gasteiger partial charge is 0.497 e. The number of halogens is 1. The van der Waals surface area contributed by atoms with Crippen LogP contribution >= 0.6 is 11.6 Å². The SMILES string of the molecule is COc1cccc(C2=NN(C(=O)CN(C)C(=O)NC(C)C)[C@@H](c3ccc(Cl)cc3)C2)c1. The van der Waals surface area contributed by atoms with Crippen molar-refractivity contribution in [1.82, 2.24) is 15.2 Å². The number of nitrogens with zero attached hydrogens (tertiary/aromatic N) is 3. The fraction of sp³-hybridized carbons (Fsp3) is 0.348. The van der Waals surface area contributed by atoms with Gasteiger partial charge in [0.15, 0.2) is 0 Å². The van der Waals surface area contributed by atoms with Gasteiger partial charge in [-0.3, -0.25) is 4.79 Å². The first kappa shape index (κ1) is 22.6. The summed E-state index contributed by atoms with van der Waals surface area (Å²) in [6.07, 6.45) is 0.544. The summed E-state index contributed by atoms with van der Waals surface area (Å²) in [6.45, 7) is 3.65. The molecule has 2 aromatic rings. The number of likely N-dealkylation sites (N-methyl/N-ethyl adjacent to an activating group) is 1. The van der Waals surface area contributed by atoms with Gasteiger partial charge in [0.05, 0.1) is 18.9 Å². The van der Waals surface area contributed by atoms with E-state index in [4.69, 9.17) is 16.3 Å². The molecule has 0 saturated carbocycles. The minimum Gasteiger partial charge on any atom is -0.497 e. The number of hydrogen-bond acceptors (Lipinski definition) is 4. The Morgan fingerprint density at radius 2 is 1.97 bits per heavy atom. The van der Waals surface area contributed by atoms with Crippen LogP contribution in [0, 0.1) is 0 Å². The molecule has 0 unspecified atom stereocenters. The average molecular weight is 443 g/mol. The summed E-state index contributed by atoms with van der Waals surface area (Å²) in [5, 5.41) is 9.52. The first-order valence-corrected chi connectivity index (χ1v) is 10.5. The molecule has 1 aliphatic rings. The number of rotatable bonds is 6. The number of carbonyl (C=O) groups is 2. The number of ether oxygens (including phenoxy) is 1. The Kier molecular flexibility index (Phi) is 7.17. The minimum absolute atomic E-state index is 0.0173. The lowest BCUT2D eigenvalue weighted by Crippen LogP contribution is -2.45. The molecule has 164 valence electrons. The van der Waals surface area contributed by atoms with E-state index in [1.54, 1.807) is 26.3 Å². The second kappa shape index (κ2) is 9.83. The monoisotopic (exact) mass is 442 g/mol. The van der Waals surface area contributed by atoms with Crippen molar-refractivity contribution in [2.75, 3.05) is 20.7 Å². The van der Waals surface area contributed by atoms with Gasteiger partial charge in [-0.15, -0.1) is 0 Å². The molecule has 3 amide bonds. The van der Waals surface area contributed by atoms with Crippen molar-refractivity contribution in [2.45, 2.75) is 32.4 Å². The van der Waals surface area contributed by atoms with Gasteiger partial charge in [0.25, 0.3) is 5.91 Å². The summed E-state index contributed by atoms with van der Waals surface area (Å²) < 4.78 is 5.32. The summed E-state index contributed by atoms with van der Waals surface area (Å²) in [5.74, 6) is 0.456. The van der Waals surface area contributed by atoms with Gasteiger partial charge in [-0.05, 0) is 43.7 Å². The molecular formula is C23H27ClN4O3. The van der Waals surface area contributed by atoms with Crippen LogP contribution in [0.1, 0.15) is 37.4 Å². The molecule has 0 fully saturated rings. The van der Waals surface area contributed by atoms with E-state index in [9.17, 15) is 9.59 Å². The van der Waals surface area contributed by atoms with Gasteiger partial charge < -0.3 is 15.0 Å². The highest BCUT2D eigenvalue weighted by molar-refractivity contribution is 6.30. The molecule has 0 spiro atoms. The van der Waals surface area contributed by atoms with Gasteiger partial charge in [-0.2, -0.15) is 5.10 Å². The smallest absolute Gasteiger partial charge is 0.317 e. The Balaban J connectivity index is 1.87. The van der Waals surface area contributed by atoms with E-state index in [-0.39, 0.29) is 30.6 Å². The van der Waals surface area contributed by atoms with E-state index in [2.05, 4.69) is 10.4 Å². The average Bonchev–Trinajstić information content (AvgIpc) is 3.19. The predicted molar refractivity (Wildman–Crippen MR) is 121 cm³/mol. The quantitative estimate of drug-likeness (QED) is 0.732. The maximum atomic E-state index is 13.1. The minimum atomic E-state index is -0.303. The topological polar surface area (TPSA) is 74.2 Å². The molecule has 1 heterocycles. The van der Waals surface area contributed by atoms with Crippen LogP contribution in [0.4, 0.5) is 4.79 Å². The number of hydrogen-bond donors (Lipinski definition) is 1. The van der Waals surface area contributed by atoms with Crippen molar-refractivity contribution in [3.05, 3.63) is 64.7 Å². The number of carbonyl (C=O) groups excluding carboxylic acids is 2. The second-order valence-electron chi connectivity index (χ2n) is 7.75. The molecule has 0 bridgehead atoms. The molecule has 3 rings (SSSR count). The predicted octanol–water partition coefficient (Wildman–Crippen LogP) is 4.08. The highest BCUT2D eigenvalue weighted by atomic mass is 35.5. The molecule has 1 aliphatic heterocycles. The normalized spacial score (nSPS) is 15.6. The highest BCUT2D eigenvalue weighted by Crippen LogP contribution is 2.34. The summed E-state index contributed by atoms with van der Waals surface area (Å²) in [7, 11) is 3.20. The van der Waals surface area contributed by atoms with Gasteiger partial charge >= 0.3 is 6.03 Å². The lowest BCUT2D eigenvalue weighted by atomic mass is 9.98. The van der Waals surface area contributed by atoms with Crippen molar-refractivity contribution in [2.24, 2.45) is 5.10 Å². The van der Waals surface area contributed by atoms with Crippen molar-refractivity contribution in [1.29, 1.82) is 0 Å².